The van der Waals surface area contributed by atoms with Crippen LogP contribution in [0.1, 0.15) is 49.9 Å². The van der Waals surface area contributed by atoms with Crippen LogP contribution in [0.5, 0.6) is 5.75 Å². The lowest BCUT2D eigenvalue weighted by molar-refractivity contribution is 0.0899. The zero-order chi connectivity index (χ0) is 14.8. The van der Waals surface area contributed by atoms with Gasteiger partial charge in [0.05, 0.1) is 18.4 Å². The molecule has 0 spiro atoms. The molecule has 2 rings (SSSR count). The third-order valence-electron chi connectivity index (χ3n) is 4.03. The zero-order valence-electron chi connectivity index (χ0n) is 12.5. The number of nitrogens with two attached hydrogens (primary N) is 1. The average molecular weight is 276 g/mol. The molecule has 0 bridgehead atoms. The molecule has 1 aromatic rings. The summed E-state index contributed by atoms with van der Waals surface area (Å²) in [5.41, 5.74) is 7.14. The van der Waals surface area contributed by atoms with E-state index in [1.165, 1.54) is 13.5 Å². The molecule has 1 fully saturated rings. The number of carbonyl (C=O) groups excluding carboxylic acids is 1. The Morgan fingerprint density at radius 1 is 1.45 bits per heavy atom. The fourth-order valence-electron chi connectivity index (χ4n) is 3.05. The predicted molar refractivity (Wildman–Crippen MR) is 80.9 cm³/mol. The van der Waals surface area contributed by atoms with Crippen LogP contribution in [-0.2, 0) is 0 Å². The van der Waals surface area contributed by atoms with Crippen LogP contribution in [0.25, 0.3) is 0 Å². The first-order valence-corrected chi connectivity index (χ1v) is 7.16. The van der Waals surface area contributed by atoms with E-state index in [1.54, 1.807) is 18.2 Å². The second-order valence-corrected chi connectivity index (χ2v) is 6.36. The molecule has 110 valence electrons. The van der Waals surface area contributed by atoms with Gasteiger partial charge in [-0.2, -0.15) is 0 Å². The lowest BCUT2D eigenvalue weighted by Crippen LogP contribution is -2.40. The van der Waals surface area contributed by atoms with Crippen molar-refractivity contribution < 1.29 is 9.53 Å². The number of carbonyl (C=O) groups is 1. The fraction of sp³-hybridized carbons (Fsp3) is 0.562. The smallest absolute Gasteiger partial charge is 0.255 e. The normalized spacial score (nSPS) is 21.2. The number of amides is 1. The first-order valence-electron chi connectivity index (χ1n) is 7.16. The molecular weight excluding hydrogens is 252 g/mol. The van der Waals surface area contributed by atoms with Gasteiger partial charge in [0.25, 0.3) is 5.91 Å². The molecule has 1 amide bonds. The topological polar surface area (TPSA) is 64.3 Å². The maximum atomic E-state index is 12.4. The molecular formula is C16H24N2O2. The number of hydrogen-bond donors (Lipinski definition) is 2. The summed E-state index contributed by atoms with van der Waals surface area (Å²) in [7, 11) is 1.53. The number of ether oxygens (including phenoxy) is 1. The van der Waals surface area contributed by atoms with Crippen LogP contribution in [-0.4, -0.2) is 19.1 Å². The molecule has 1 atom stereocenters. The molecule has 1 aliphatic rings. The molecule has 4 heteroatoms. The van der Waals surface area contributed by atoms with Gasteiger partial charge in [-0.25, -0.2) is 0 Å². The van der Waals surface area contributed by atoms with Crippen molar-refractivity contribution in [3.63, 3.8) is 0 Å². The van der Waals surface area contributed by atoms with Gasteiger partial charge in [0, 0.05) is 6.04 Å². The van der Waals surface area contributed by atoms with Crippen molar-refractivity contribution in [1.82, 2.24) is 5.32 Å². The molecule has 0 saturated heterocycles. The number of para-hydroxylation sites is 1. The lowest BCUT2D eigenvalue weighted by atomic mass is 9.75. The summed E-state index contributed by atoms with van der Waals surface area (Å²) in [5.74, 6) is 0.358. The molecule has 4 nitrogen and oxygen atoms in total. The highest BCUT2D eigenvalue weighted by Crippen LogP contribution is 2.35. The Hall–Kier alpha value is -1.71. The summed E-state index contributed by atoms with van der Waals surface area (Å²) in [6, 6.07) is 5.49. The van der Waals surface area contributed by atoms with E-state index < -0.39 is 0 Å². The second kappa shape index (κ2) is 5.73. The first-order chi connectivity index (χ1) is 9.43. The molecule has 0 aromatic heterocycles. The average Bonchev–Trinajstić information content (AvgIpc) is 2.37. The zero-order valence-corrected chi connectivity index (χ0v) is 12.5. The van der Waals surface area contributed by atoms with Gasteiger partial charge in [-0.1, -0.05) is 26.3 Å². The minimum Gasteiger partial charge on any atom is -0.494 e. The van der Waals surface area contributed by atoms with E-state index in [0.29, 0.717) is 22.4 Å². The van der Waals surface area contributed by atoms with E-state index in [2.05, 4.69) is 19.2 Å². The van der Waals surface area contributed by atoms with E-state index in [9.17, 15) is 4.79 Å². The van der Waals surface area contributed by atoms with Crippen LogP contribution in [0.3, 0.4) is 0 Å². The van der Waals surface area contributed by atoms with Gasteiger partial charge >= 0.3 is 0 Å². The number of methoxy groups -OCH3 is 1. The van der Waals surface area contributed by atoms with Crippen LogP contribution < -0.4 is 15.8 Å². The molecule has 0 heterocycles. The number of benzene rings is 1. The SMILES string of the molecule is COc1c(N)cccc1C(=O)NC1CCCC(C)(C)C1. The Morgan fingerprint density at radius 2 is 2.20 bits per heavy atom. The van der Waals surface area contributed by atoms with Gasteiger partial charge in [-0.05, 0) is 36.8 Å². The predicted octanol–water partition coefficient (Wildman–Crippen LogP) is 2.98. The minimum atomic E-state index is -0.100. The maximum absolute atomic E-state index is 12.4. The Morgan fingerprint density at radius 3 is 2.85 bits per heavy atom. The number of hydrogen-bond acceptors (Lipinski definition) is 3. The third kappa shape index (κ3) is 3.24. The van der Waals surface area contributed by atoms with Crippen LogP contribution in [0, 0.1) is 5.41 Å². The molecule has 1 unspecified atom stereocenters. The van der Waals surface area contributed by atoms with E-state index >= 15 is 0 Å². The monoisotopic (exact) mass is 276 g/mol. The van der Waals surface area contributed by atoms with E-state index in [0.717, 1.165) is 19.3 Å². The van der Waals surface area contributed by atoms with Crippen molar-refractivity contribution in [3.05, 3.63) is 23.8 Å². The Bertz CT molecular complexity index is 497. The van der Waals surface area contributed by atoms with Crippen molar-refractivity contribution in [3.8, 4) is 5.75 Å². The highest BCUT2D eigenvalue weighted by molar-refractivity contribution is 5.98. The first kappa shape index (κ1) is 14.7. The van der Waals surface area contributed by atoms with Crippen molar-refractivity contribution in [2.45, 2.75) is 45.6 Å². The number of nitrogen functional groups attached to an aromatic ring is 1. The Kier molecular flexibility index (Phi) is 4.21. The number of rotatable bonds is 3. The van der Waals surface area contributed by atoms with Gasteiger partial charge in [-0.15, -0.1) is 0 Å². The van der Waals surface area contributed by atoms with Crippen molar-refractivity contribution >= 4 is 11.6 Å². The van der Waals surface area contributed by atoms with E-state index in [-0.39, 0.29) is 11.9 Å². The molecule has 1 aromatic carbocycles. The van der Waals surface area contributed by atoms with Crippen LogP contribution in [0.4, 0.5) is 5.69 Å². The van der Waals surface area contributed by atoms with Gasteiger partial charge in [0.1, 0.15) is 0 Å². The molecule has 3 N–H and O–H groups in total. The van der Waals surface area contributed by atoms with Crippen molar-refractivity contribution in [2.24, 2.45) is 5.41 Å². The summed E-state index contributed by atoms with van der Waals surface area (Å²) < 4.78 is 5.24. The van der Waals surface area contributed by atoms with Crippen molar-refractivity contribution in [1.29, 1.82) is 0 Å². The highest BCUT2D eigenvalue weighted by atomic mass is 16.5. The van der Waals surface area contributed by atoms with Gasteiger partial charge in [-0.3, -0.25) is 4.79 Å². The van der Waals surface area contributed by atoms with E-state index in [4.69, 9.17) is 10.5 Å². The Balaban J connectivity index is 2.11. The molecule has 0 radical (unpaired) electrons. The summed E-state index contributed by atoms with van der Waals surface area (Å²) in [4.78, 5) is 12.4. The number of nitrogens with one attached hydrogen (secondary N) is 1. The Labute approximate surface area is 120 Å². The fourth-order valence-corrected chi connectivity index (χ4v) is 3.05. The van der Waals surface area contributed by atoms with Gasteiger partial charge in [0.2, 0.25) is 0 Å². The highest BCUT2D eigenvalue weighted by Gasteiger charge is 2.29. The quantitative estimate of drug-likeness (QED) is 0.834. The summed E-state index contributed by atoms with van der Waals surface area (Å²) in [6.45, 7) is 4.51. The molecule has 0 aliphatic heterocycles. The number of anilines is 1. The summed E-state index contributed by atoms with van der Waals surface area (Å²) in [6.07, 6.45) is 4.44. The van der Waals surface area contributed by atoms with Gasteiger partial charge < -0.3 is 15.8 Å². The molecule has 1 aliphatic carbocycles. The van der Waals surface area contributed by atoms with Gasteiger partial charge in [0.15, 0.2) is 5.75 Å². The molecule has 20 heavy (non-hydrogen) atoms. The second-order valence-electron chi connectivity index (χ2n) is 6.36. The van der Waals surface area contributed by atoms with Crippen LogP contribution in [0.2, 0.25) is 0 Å². The van der Waals surface area contributed by atoms with Crippen LogP contribution >= 0.6 is 0 Å². The minimum absolute atomic E-state index is 0.100. The lowest BCUT2D eigenvalue weighted by Gasteiger charge is -2.35. The standard InChI is InChI=1S/C16H24N2O2/c1-16(2)9-5-6-11(10-16)18-15(19)12-7-4-8-13(17)14(12)20-3/h4,7-8,11H,5-6,9-10,17H2,1-3H3,(H,18,19). The summed E-state index contributed by atoms with van der Waals surface area (Å²) in [5, 5.41) is 3.12. The van der Waals surface area contributed by atoms with Crippen molar-refractivity contribution in [2.75, 3.05) is 12.8 Å². The van der Waals surface area contributed by atoms with Crippen LogP contribution in [0.15, 0.2) is 18.2 Å². The van der Waals surface area contributed by atoms with E-state index in [1.807, 2.05) is 0 Å². The third-order valence-corrected chi connectivity index (χ3v) is 4.03. The largest absolute Gasteiger partial charge is 0.494 e. The maximum Gasteiger partial charge on any atom is 0.255 e. The summed E-state index contributed by atoms with van der Waals surface area (Å²) >= 11 is 0. The molecule has 1 saturated carbocycles.